The van der Waals surface area contributed by atoms with E-state index in [1.165, 1.54) is 27.6 Å². The van der Waals surface area contributed by atoms with Crippen LogP contribution < -0.4 is 0 Å². The van der Waals surface area contributed by atoms with Crippen molar-refractivity contribution in [3.63, 3.8) is 0 Å². The topological polar surface area (TPSA) is 30.7 Å². The zero-order valence-corrected chi connectivity index (χ0v) is 22.6. The van der Waals surface area contributed by atoms with Gasteiger partial charge in [0, 0.05) is 27.9 Å². The zero-order valence-electron chi connectivity index (χ0n) is 22.6. The van der Waals surface area contributed by atoms with Crippen LogP contribution in [-0.4, -0.2) is 14.5 Å². The molecule has 42 heavy (non-hydrogen) atoms. The van der Waals surface area contributed by atoms with Gasteiger partial charge in [-0.1, -0.05) is 109 Å². The second-order valence-corrected chi connectivity index (χ2v) is 10.4. The highest BCUT2D eigenvalue weighted by Gasteiger charge is 2.17. The van der Waals surface area contributed by atoms with Gasteiger partial charge in [-0.25, -0.2) is 14.4 Å². The van der Waals surface area contributed by atoms with Crippen molar-refractivity contribution in [3.05, 3.63) is 152 Å². The van der Waals surface area contributed by atoms with E-state index in [1.807, 2.05) is 30.5 Å². The van der Waals surface area contributed by atoms with Gasteiger partial charge in [-0.15, -0.1) is 0 Å². The van der Waals surface area contributed by atoms with E-state index in [-0.39, 0.29) is 5.82 Å². The average molecular weight is 542 g/mol. The third kappa shape index (κ3) is 4.04. The van der Waals surface area contributed by atoms with Crippen molar-refractivity contribution in [1.82, 2.24) is 14.5 Å². The molecule has 198 valence electrons. The Kier molecular flexibility index (Phi) is 5.64. The lowest BCUT2D eigenvalue weighted by Crippen LogP contribution is -2.02. The first kappa shape index (κ1) is 24.2. The van der Waals surface area contributed by atoms with E-state index in [0.29, 0.717) is 5.95 Å². The second-order valence-electron chi connectivity index (χ2n) is 10.4. The number of rotatable bonds is 4. The molecule has 0 unspecified atom stereocenters. The molecule has 0 aliphatic heterocycles. The number of halogens is 1. The Balaban J connectivity index is 1.23. The summed E-state index contributed by atoms with van der Waals surface area (Å²) in [7, 11) is 0. The van der Waals surface area contributed by atoms with E-state index in [2.05, 4.69) is 102 Å². The van der Waals surface area contributed by atoms with Gasteiger partial charge in [-0.2, -0.15) is 0 Å². The van der Waals surface area contributed by atoms with Crippen LogP contribution in [0.4, 0.5) is 4.39 Å². The molecule has 0 aliphatic rings. The Bertz CT molecular complexity index is 2260. The molecule has 0 amide bonds. The maximum atomic E-state index is 13.7. The second kappa shape index (κ2) is 9.79. The molecule has 0 aliphatic carbocycles. The van der Waals surface area contributed by atoms with E-state index in [4.69, 9.17) is 9.97 Å². The Labute approximate surface area is 242 Å². The van der Waals surface area contributed by atoms with Crippen LogP contribution in [0.3, 0.4) is 0 Å². The lowest BCUT2D eigenvalue weighted by Gasteiger charge is -2.11. The van der Waals surface area contributed by atoms with E-state index in [0.717, 1.165) is 44.5 Å². The summed E-state index contributed by atoms with van der Waals surface area (Å²) in [6.07, 6.45) is 1.84. The molecule has 0 N–H and O–H groups in total. The minimum atomic E-state index is -0.234. The molecule has 0 atom stereocenters. The molecule has 8 aromatic rings. The molecular weight excluding hydrogens is 517 g/mol. The van der Waals surface area contributed by atoms with Crippen LogP contribution in [0.1, 0.15) is 0 Å². The lowest BCUT2D eigenvalue weighted by atomic mass is 9.98. The van der Waals surface area contributed by atoms with Crippen molar-refractivity contribution in [3.8, 4) is 39.5 Å². The number of hydrogen-bond donors (Lipinski definition) is 0. The van der Waals surface area contributed by atoms with E-state index < -0.39 is 0 Å². The van der Waals surface area contributed by atoms with Gasteiger partial charge in [0.05, 0.1) is 16.7 Å². The normalized spacial score (nSPS) is 11.5. The minimum absolute atomic E-state index is 0.234. The van der Waals surface area contributed by atoms with Crippen LogP contribution in [-0.2, 0) is 0 Å². The molecule has 6 aromatic carbocycles. The average Bonchev–Trinajstić information content (AvgIpc) is 3.40. The van der Waals surface area contributed by atoms with Crippen LogP contribution in [0.5, 0.6) is 0 Å². The number of nitrogens with zero attached hydrogens (tertiary/aromatic N) is 3. The fourth-order valence-electron chi connectivity index (χ4n) is 5.94. The van der Waals surface area contributed by atoms with Crippen molar-refractivity contribution < 1.29 is 4.39 Å². The van der Waals surface area contributed by atoms with Gasteiger partial charge in [0.25, 0.3) is 0 Å². The number of hydrogen-bond acceptors (Lipinski definition) is 2. The molecule has 0 fully saturated rings. The van der Waals surface area contributed by atoms with E-state index in [1.54, 1.807) is 12.1 Å². The summed E-state index contributed by atoms with van der Waals surface area (Å²) in [6, 6.07) is 46.5. The highest BCUT2D eigenvalue weighted by molar-refractivity contribution is 6.18. The molecule has 0 spiro atoms. The standard InChI is InChI=1S/C38H24FN3/c39-31-11-6-9-29(24-31)26-17-15-25(16-18-26)28-8-5-10-30(23-28)35-21-22-40-38(41-35)42-36-14-4-3-13-33(36)34-20-19-27-7-1-2-12-32(27)37(34)42/h1-24H. The molecule has 8 rings (SSSR count). The number of fused-ring (bicyclic) bond motifs is 5. The van der Waals surface area contributed by atoms with Crippen molar-refractivity contribution >= 4 is 32.6 Å². The van der Waals surface area contributed by atoms with E-state index >= 15 is 0 Å². The molecule has 3 nitrogen and oxygen atoms in total. The summed E-state index contributed by atoms with van der Waals surface area (Å²) < 4.78 is 15.9. The Morgan fingerprint density at radius 2 is 1.19 bits per heavy atom. The third-order valence-corrected chi connectivity index (χ3v) is 7.94. The molecule has 2 aromatic heterocycles. The zero-order chi connectivity index (χ0) is 28.0. The minimum Gasteiger partial charge on any atom is -0.277 e. The van der Waals surface area contributed by atoms with Crippen LogP contribution >= 0.6 is 0 Å². The number of benzene rings is 6. The SMILES string of the molecule is Fc1cccc(-c2ccc(-c3cccc(-c4ccnc(-n5c6ccccc6c6ccc7ccccc7c65)n4)c3)cc2)c1. The predicted molar refractivity (Wildman–Crippen MR) is 170 cm³/mol. The summed E-state index contributed by atoms with van der Waals surface area (Å²) in [5.74, 6) is 0.405. The highest BCUT2D eigenvalue weighted by Crippen LogP contribution is 2.36. The van der Waals surface area contributed by atoms with Crippen molar-refractivity contribution in [1.29, 1.82) is 0 Å². The van der Waals surface area contributed by atoms with Gasteiger partial charge in [-0.05, 0) is 58.0 Å². The van der Waals surface area contributed by atoms with Crippen LogP contribution in [0, 0.1) is 5.82 Å². The quantitative estimate of drug-likeness (QED) is 0.222. The van der Waals surface area contributed by atoms with Crippen molar-refractivity contribution in [2.45, 2.75) is 0 Å². The third-order valence-electron chi connectivity index (χ3n) is 7.94. The van der Waals surface area contributed by atoms with E-state index in [9.17, 15) is 4.39 Å². The maximum Gasteiger partial charge on any atom is 0.235 e. The molecule has 0 radical (unpaired) electrons. The maximum absolute atomic E-state index is 13.7. The highest BCUT2D eigenvalue weighted by atomic mass is 19.1. The lowest BCUT2D eigenvalue weighted by molar-refractivity contribution is 0.628. The number of aromatic nitrogens is 3. The van der Waals surface area contributed by atoms with Gasteiger partial charge < -0.3 is 0 Å². The summed E-state index contributed by atoms with van der Waals surface area (Å²) in [6.45, 7) is 0. The van der Waals surface area contributed by atoms with Gasteiger partial charge in [0.2, 0.25) is 5.95 Å². The van der Waals surface area contributed by atoms with Crippen LogP contribution in [0.2, 0.25) is 0 Å². The van der Waals surface area contributed by atoms with Crippen LogP contribution in [0.25, 0.3) is 72.0 Å². The first-order chi connectivity index (χ1) is 20.7. The monoisotopic (exact) mass is 541 g/mol. The first-order valence-electron chi connectivity index (χ1n) is 13.9. The van der Waals surface area contributed by atoms with Crippen LogP contribution in [0.15, 0.2) is 146 Å². The fraction of sp³-hybridized carbons (Fsp3) is 0. The summed E-state index contributed by atoms with van der Waals surface area (Å²) in [5, 5.41) is 4.71. The largest absolute Gasteiger partial charge is 0.277 e. The van der Waals surface area contributed by atoms with Gasteiger partial charge in [-0.3, -0.25) is 4.57 Å². The summed E-state index contributed by atoms with van der Waals surface area (Å²) in [4.78, 5) is 9.87. The first-order valence-corrected chi connectivity index (χ1v) is 13.9. The predicted octanol–water partition coefficient (Wildman–Crippen LogP) is 9.87. The molecule has 0 saturated heterocycles. The van der Waals surface area contributed by atoms with Crippen molar-refractivity contribution in [2.24, 2.45) is 0 Å². The molecule has 0 saturated carbocycles. The Morgan fingerprint density at radius 1 is 0.500 bits per heavy atom. The number of para-hydroxylation sites is 1. The summed E-state index contributed by atoms with van der Waals surface area (Å²) in [5.41, 5.74) is 8.06. The summed E-state index contributed by atoms with van der Waals surface area (Å²) >= 11 is 0. The Morgan fingerprint density at radius 3 is 2.00 bits per heavy atom. The fourth-order valence-corrected chi connectivity index (χ4v) is 5.94. The molecular formula is C38H24FN3. The Hall–Kier alpha value is -5.61. The van der Waals surface area contributed by atoms with Gasteiger partial charge in [0.1, 0.15) is 5.82 Å². The van der Waals surface area contributed by atoms with Gasteiger partial charge >= 0.3 is 0 Å². The molecule has 4 heteroatoms. The molecule has 2 heterocycles. The van der Waals surface area contributed by atoms with Crippen molar-refractivity contribution in [2.75, 3.05) is 0 Å². The molecule has 0 bridgehead atoms. The smallest absolute Gasteiger partial charge is 0.235 e. The van der Waals surface area contributed by atoms with Gasteiger partial charge in [0.15, 0.2) is 0 Å².